The molecule has 2 fully saturated rings. The van der Waals surface area contributed by atoms with E-state index < -0.39 is 0 Å². The van der Waals surface area contributed by atoms with E-state index >= 15 is 0 Å². The molecule has 20 heavy (non-hydrogen) atoms. The predicted molar refractivity (Wildman–Crippen MR) is 86.9 cm³/mol. The lowest BCUT2D eigenvalue weighted by Gasteiger charge is -2.40. The molecule has 2 unspecified atom stereocenters. The van der Waals surface area contributed by atoms with Gasteiger partial charge in [-0.3, -0.25) is 5.41 Å². The number of hydrogen-bond acceptors (Lipinski definition) is 3. The first-order chi connectivity index (χ1) is 9.72. The van der Waals surface area contributed by atoms with Crippen molar-refractivity contribution in [2.24, 2.45) is 11.7 Å². The number of hydrogen-bond donors (Lipinski definition) is 2. The zero-order valence-electron chi connectivity index (χ0n) is 12.1. The van der Waals surface area contributed by atoms with Gasteiger partial charge in [0, 0.05) is 23.2 Å². The van der Waals surface area contributed by atoms with Gasteiger partial charge in [0.25, 0.3) is 0 Å². The zero-order valence-corrected chi connectivity index (χ0v) is 12.9. The molecule has 3 N–H and O–H groups in total. The van der Waals surface area contributed by atoms with Crippen LogP contribution in [0.5, 0.6) is 0 Å². The van der Waals surface area contributed by atoms with Gasteiger partial charge in [-0.05, 0) is 50.0 Å². The van der Waals surface area contributed by atoms with Crippen LogP contribution in [0.2, 0.25) is 0 Å². The minimum Gasteiger partial charge on any atom is -0.384 e. The highest BCUT2D eigenvalue weighted by molar-refractivity contribution is 7.98. The van der Waals surface area contributed by atoms with Crippen molar-refractivity contribution in [3.8, 4) is 0 Å². The Morgan fingerprint density at radius 3 is 2.85 bits per heavy atom. The first kappa shape index (κ1) is 13.8. The molecule has 0 radical (unpaired) electrons. The molecular weight excluding hydrogens is 266 g/mol. The van der Waals surface area contributed by atoms with E-state index in [1.54, 1.807) is 11.8 Å². The second-order valence-electron chi connectivity index (χ2n) is 5.86. The third-order valence-electron chi connectivity index (χ3n) is 4.80. The molecule has 4 heteroatoms. The maximum atomic E-state index is 7.97. The number of fused-ring (bicyclic) bond motifs is 1. The van der Waals surface area contributed by atoms with E-state index in [-0.39, 0.29) is 5.84 Å². The summed E-state index contributed by atoms with van der Waals surface area (Å²) in [4.78, 5) is 3.66. The summed E-state index contributed by atoms with van der Waals surface area (Å²) in [6.45, 7) is 1.11. The Bertz CT molecular complexity index is 514. The van der Waals surface area contributed by atoms with Crippen molar-refractivity contribution >= 4 is 23.3 Å². The molecule has 3 nitrogen and oxygen atoms in total. The van der Waals surface area contributed by atoms with Crippen LogP contribution in [0.25, 0.3) is 0 Å². The molecule has 1 saturated carbocycles. The summed E-state index contributed by atoms with van der Waals surface area (Å²) >= 11 is 1.68. The van der Waals surface area contributed by atoms with Crippen LogP contribution in [0.15, 0.2) is 23.1 Å². The van der Waals surface area contributed by atoms with Crippen molar-refractivity contribution < 1.29 is 0 Å². The highest BCUT2D eigenvalue weighted by Crippen LogP contribution is 2.41. The Morgan fingerprint density at radius 1 is 1.30 bits per heavy atom. The summed E-state index contributed by atoms with van der Waals surface area (Å²) in [6.07, 6.45) is 8.72. The normalized spacial score (nSPS) is 25.6. The lowest BCUT2D eigenvalue weighted by molar-refractivity contribution is 0.362. The maximum absolute atomic E-state index is 7.97. The third-order valence-corrected chi connectivity index (χ3v) is 5.58. The Kier molecular flexibility index (Phi) is 3.92. The molecule has 1 aromatic carbocycles. The average Bonchev–Trinajstić information content (AvgIpc) is 2.94. The van der Waals surface area contributed by atoms with Gasteiger partial charge in [0.15, 0.2) is 0 Å². The van der Waals surface area contributed by atoms with Crippen LogP contribution in [0.1, 0.15) is 37.7 Å². The quantitative estimate of drug-likeness (QED) is 0.509. The standard InChI is InChI=1S/C16H23N3S/c1-20-14-9-3-8-13(15(14)16(17)18)19-10-4-6-11-5-2-7-12(11)19/h3,8-9,11-12H,2,4-7,10H2,1H3,(H3,17,18). The molecule has 1 aliphatic heterocycles. The van der Waals surface area contributed by atoms with Gasteiger partial charge < -0.3 is 10.6 Å². The van der Waals surface area contributed by atoms with E-state index in [1.807, 2.05) is 0 Å². The SMILES string of the molecule is CSc1cccc(N2CCCC3CCCC32)c1C(=N)N. The average molecular weight is 289 g/mol. The number of rotatable bonds is 3. The topological polar surface area (TPSA) is 53.1 Å². The summed E-state index contributed by atoms with van der Waals surface area (Å²) < 4.78 is 0. The molecule has 1 saturated heterocycles. The van der Waals surface area contributed by atoms with Crippen LogP contribution < -0.4 is 10.6 Å². The zero-order chi connectivity index (χ0) is 14.1. The van der Waals surface area contributed by atoms with Crippen LogP contribution in [-0.4, -0.2) is 24.7 Å². The fraction of sp³-hybridized carbons (Fsp3) is 0.562. The highest BCUT2D eigenvalue weighted by Gasteiger charge is 2.36. The van der Waals surface area contributed by atoms with Gasteiger partial charge in [-0.1, -0.05) is 12.5 Å². The molecule has 2 atom stereocenters. The van der Waals surface area contributed by atoms with Crippen molar-refractivity contribution in [1.82, 2.24) is 0 Å². The Hall–Kier alpha value is -1.16. The number of benzene rings is 1. The molecule has 1 aliphatic carbocycles. The molecule has 1 aromatic rings. The summed E-state index contributed by atoms with van der Waals surface area (Å²) in [6, 6.07) is 6.99. The van der Waals surface area contributed by atoms with Gasteiger partial charge in [0.2, 0.25) is 0 Å². The van der Waals surface area contributed by atoms with E-state index in [0.29, 0.717) is 6.04 Å². The van der Waals surface area contributed by atoms with Crippen molar-refractivity contribution in [2.75, 3.05) is 17.7 Å². The number of anilines is 1. The number of nitrogen functional groups attached to an aromatic ring is 1. The van der Waals surface area contributed by atoms with Crippen molar-refractivity contribution in [3.05, 3.63) is 23.8 Å². The Labute approximate surface area is 125 Å². The Morgan fingerprint density at radius 2 is 2.10 bits per heavy atom. The van der Waals surface area contributed by atoms with E-state index in [2.05, 4.69) is 29.4 Å². The lowest BCUT2D eigenvalue weighted by atomic mass is 9.91. The maximum Gasteiger partial charge on any atom is 0.126 e. The monoisotopic (exact) mass is 289 g/mol. The van der Waals surface area contributed by atoms with E-state index in [1.165, 1.54) is 37.8 Å². The molecule has 1 heterocycles. The van der Waals surface area contributed by atoms with Crippen molar-refractivity contribution in [1.29, 1.82) is 5.41 Å². The van der Waals surface area contributed by atoms with E-state index in [4.69, 9.17) is 11.1 Å². The minimum absolute atomic E-state index is 0.199. The predicted octanol–water partition coefficient (Wildman–Crippen LogP) is 3.46. The van der Waals surface area contributed by atoms with Crippen LogP contribution in [0.3, 0.4) is 0 Å². The van der Waals surface area contributed by atoms with Gasteiger partial charge >= 0.3 is 0 Å². The highest BCUT2D eigenvalue weighted by atomic mass is 32.2. The van der Waals surface area contributed by atoms with Gasteiger partial charge in [-0.2, -0.15) is 0 Å². The molecular formula is C16H23N3S. The molecule has 0 amide bonds. The number of piperidine rings is 1. The Balaban J connectivity index is 2.02. The first-order valence-electron chi connectivity index (χ1n) is 7.50. The fourth-order valence-corrected chi connectivity index (χ4v) is 4.59. The smallest absolute Gasteiger partial charge is 0.126 e. The van der Waals surface area contributed by atoms with E-state index in [9.17, 15) is 0 Å². The van der Waals surface area contributed by atoms with Crippen LogP contribution in [-0.2, 0) is 0 Å². The van der Waals surface area contributed by atoms with Gasteiger partial charge in [-0.25, -0.2) is 0 Å². The molecule has 108 valence electrons. The molecule has 0 aromatic heterocycles. The van der Waals surface area contributed by atoms with Crippen LogP contribution in [0.4, 0.5) is 5.69 Å². The fourth-order valence-electron chi connectivity index (χ4n) is 3.95. The molecule has 0 bridgehead atoms. The summed E-state index contributed by atoms with van der Waals surface area (Å²) in [5, 5.41) is 7.97. The summed E-state index contributed by atoms with van der Waals surface area (Å²) in [7, 11) is 0. The van der Waals surface area contributed by atoms with Crippen LogP contribution >= 0.6 is 11.8 Å². The summed E-state index contributed by atoms with van der Waals surface area (Å²) in [5.74, 6) is 1.05. The molecule has 0 spiro atoms. The van der Waals surface area contributed by atoms with E-state index in [0.717, 1.165) is 22.9 Å². The van der Waals surface area contributed by atoms with Gasteiger partial charge in [-0.15, -0.1) is 11.8 Å². The molecule has 3 rings (SSSR count). The minimum atomic E-state index is 0.199. The second-order valence-corrected chi connectivity index (χ2v) is 6.71. The number of thioether (sulfide) groups is 1. The lowest BCUT2D eigenvalue weighted by Crippen LogP contribution is -2.43. The first-order valence-corrected chi connectivity index (χ1v) is 8.73. The number of amidine groups is 1. The second kappa shape index (κ2) is 5.68. The largest absolute Gasteiger partial charge is 0.384 e. The third kappa shape index (κ3) is 2.30. The van der Waals surface area contributed by atoms with Crippen LogP contribution in [0, 0.1) is 11.3 Å². The number of nitrogens with zero attached hydrogens (tertiary/aromatic N) is 1. The number of nitrogens with two attached hydrogens (primary N) is 1. The van der Waals surface area contributed by atoms with Gasteiger partial charge in [0.1, 0.15) is 5.84 Å². The molecule has 2 aliphatic rings. The van der Waals surface area contributed by atoms with Crippen molar-refractivity contribution in [3.63, 3.8) is 0 Å². The number of nitrogens with one attached hydrogen (secondary N) is 1. The van der Waals surface area contributed by atoms with Gasteiger partial charge in [0.05, 0.1) is 5.56 Å². The summed E-state index contributed by atoms with van der Waals surface area (Å²) in [5.41, 5.74) is 8.00. The van der Waals surface area contributed by atoms with Crippen molar-refractivity contribution in [2.45, 2.75) is 43.0 Å².